The molecule has 1 aliphatic rings. The second kappa shape index (κ2) is 4.37. The van der Waals surface area contributed by atoms with Crippen LogP contribution in [0.4, 0.5) is 0 Å². The van der Waals surface area contributed by atoms with Crippen LogP contribution >= 0.6 is 23.2 Å². The number of aromatic nitrogens is 1. The molecule has 1 aromatic rings. The molecule has 0 aliphatic heterocycles. The van der Waals surface area contributed by atoms with Gasteiger partial charge in [0.25, 0.3) is 5.91 Å². The maximum atomic E-state index is 11.7. The summed E-state index contributed by atoms with van der Waals surface area (Å²) in [6.07, 6.45) is 3.23. The maximum absolute atomic E-state index is 11.7. The van der Waals surface area contributed by atoms with Crippen LogP contribution in [0.1, 0.15) is 29.8 Å². The Bertz CT molecular complexity index is 391. The van der Waals surface area contributed by atoms with E-state index < -0.39 is 0 Å². The average Bonchev–Trinajstić information content (AvgIpc) is 2.15. The summed E-state index contributed by atoms with van der Waals surface area (Å²) in [4.78, 5) is 15.6. The molecular formula is C10H10Cl2N2O. The molecule has 0 unspecified atom stereocenters. The van der Waals surface area contributed by atoms with E-state index in [1.807, 2.05) is 0 Å². The maximum Gasteiger partial charge on any atom is 0.271 e. The van der Waals surface area contributed by atoms with Crippen LogP contribution in [0.3, 0.4) is 0 Å². The molecule has 1 amide bonds. The number of nitrogens with one attached hydrogen (secondary N) is 1. The molecule has 1 aliphatic carbocycles. The van der Waals surface area contributed by atoms with Crippen molar-refractivity contribution < 1.29 is 4.79 Å². The van der Waals surface area contributed by atoms with Crippen LogP contribution in [0.5, 0.6) is 0 Å². The molecule has 0 radical (unpaired) electrons. The van der Waals surface area contributed by atoms with Gasteiger partial charge in [-0.2, -0.15) is 0 Å². The van der Waals surface area contributed by atoms with Crippen molar-refractivity contribution in [3.05, 3.63) is 28.0 Å². The standard InChI is InChI=1S/C10H10Cl2N2O/c11-7-4-5-8(12)14-9(7)10(15)13-6-2-1-3-6/h4-6H,1-3H2,(H,13,15). The first-order valence-electron chi connectivity index (χ1n) is 4.80. The number of hydrogen-bond donors (Lipinski definition) is 1. The van der Waals surface area contributed by atoms with Crippen molar-refractivity contribution in [2.45, 2.75) is 25.3 Å². The first-order valence-corrected chi connectivity index (χ1v) is 5.55. The highest BCUT2D eigenvalue weighted by Gasteiger charge is 2.22. The van der Waals surface area contributed by atoms with Gasteiger partial charge in [-0.1, -0.05) is 23.2 Å². The SMILES string of the molecule is O=C(NC1CCC1)c1nc(Cl)ccc1Cl. The molecule has 0 aromatic carbocycles. The number of amides is 1. The van der Waals surface area contributed by atoms with Gasteiger partial charge >= 0.3 is 0 Å². The predicted octanol–water partition coefficient (Wildman–Crippen LogP) is 2.67. The van der Waals surface area contributed by atoms with E-state index in [9.17, 15) is 4.79 Å². The minimum atomic E-state index is -0.243. The van der Waals surface area contributed by atoms with Gasteiger partial charge in [-0.3, -0.25) is 4.79 Å². The Balaban J connectivity index is 2.12. The summed E-state index contributed by atoms with van der Waals surface area (Å²) in [5, 5.41) is 3.46. The zero-order valence-electron chi connectivity index (χ0n) is 7.96. The molecule has 80 valence electrons. The Morgan fingerprint density at radius 2 is 2.13 bits per heavy atom. The van der Waals surface area contributed by atoms with Gasteiger partial charge in [-0.25, -0.2) is 4.98 Å². The van der Waals surface area contributed by atoms with E-state index in [4.69, 9.17) is 23.2 Å². The molecule has 15 heavy (non-hydrogen) atoms. The Morgan fingerprint density at radius 1 is 1.40 bits per heavy atom. The second-order valence-electron chi connectivity index (χ2n) is 3.57. The normalized spacial score (nSPS) is 15.9. The quantitative estimate of drug-likeness (QED) is 0.814. The summed E-state index contributed by atoms with van der Waals surface area (Å²) in [6, 6.07) is 3.41. The van der Waals surface area contributed by atoms with Crippen molar-refractivity contribution in [1.29, 1.82) is 0 Å². The third-order valence-electron chi connectivity index (χ3n) is 2.47. The largest absolute Gasteiger partial charge is 0.348 e. The van der Waals surface area contributed by atoms with Crippen LogP contribution in [0.15, 0.2) is 12.1 Å². The summed E-state index contributed by atoms with van der Waals surface area (Å²) in [5.41, 5.74) is 0.205. The molecule has 1 N–H and O–H groups in total. The second-order valence-corrected chi connectivity index (χ2v) is 4.36. The average molecular weight is 245 g/mol. The van der Waals surface area contributed by atoms with Crippen molar-refractivity contribution >= 4 is 29.1 Å². The Labute approximate surface area is 97.8 Å². The number of rotatable bonds is 2. The molecule has 0 bridgehead atoms. The minimum Gasteiger partial charge on any atom is -0.348 e. The number of pyridine rings is 1. The van der Waals surface area contributed by atoms with Crippen molar-refractivity contribution in [3.8, 4) is 0 Å². The fourth-order valence-electron chi connectivity index (χ4n) is 1.38. The molecule has 0 atom stereocenters. The molecule has 1 saturated carbocycles. The first kappa shape index (κ1) is 10.7. The van der Waals surface area contributed by atoms with Crippen molar-refractivity contribution in [2.24, 2.45) is 0 Å². The molecule has 1 heterocycles. The van der Waals surface area contributed by atoms with Gasteiger partial charge < -0.3 is 5.32 Å². The van der Waals surface area contributed by atoms with Crippen LogP contribution in [-0.4, -0.2) is 16.9 Å². The van der Waals surface area contributed by atoms with Crippen molar-refractivity contribution in [2.75, 3.05) is 0 Å². The van der Waals surface area contributed by atoms with E-state index in [0.29, 0.717) is 5.02 Å². The number of carbonyl (C=O) groups excluding carboxylic acids is 1. The van der Waals surface area contributed by atoms with Gasteiger partial charge in [0, 0.05) is 6.04 Å². The topological polar surface area (TPSA) is 42.0 Å². The monoisotopic (exact) mass is 244 g/mol. The van der Waals surface area contributed by atoms with Gasteiger partial charge in [-0.05, 0) is 31.4 Å². The molecule has 5 heteroatoms. The van der Waals surface area contributed by atoms with Crippen molar-refractivity contribution in [1.82, 2.24) is 10.3 Å². The smallest absolute Gasteiger partial charge is 0.271 e. The minimum absolute atomic E-state index is 0.205. The van der Waals surface area contributed by atoms with Gasteiger partial charge in [0.15, 0.2) is 0 Å². The molecule has 2 rings (SSSR count). The van der Waals surface area contributed by atoms with E-state index in [1.54, 1.807) is 12.1 Å². The number of carbonyl (C=O) groups is 1. The Hall–Kier alpha value is -0.800. The lowest BCUT2D eigenvalue weighted by Crippen LogP contribution is -2.39. The number of hydrogen-bond acceptors (Lipinski definition) is 2. The molecule has 0 saturated heterocycles. The summed E-state index contributed by atoms with van der Waals surface area (Å²) < 4.78 is 0. The van der Waals surface area contributed by atoms with Crippen LogP contribution in [-0.2, 0) is 0 Å². The van der Waals surface area contributed by atoms with Gasteiger partial charge in [0.1, 0.15) is 10.8 Å². The molecule has 1 aromatic heterocycles. The van der Waals surface area contributed by atoms with Crippen LogP contribution in [0.25, 0.3) is 0 Å². The molecule has 1 fully saturated rings. The van der Waals surface area contributed by atoms with E-state index in [1.165, 1.54) is 6.42 Å². The van der Waals surface area contributed by atoms with Gasteiger partial charge in [0.2, 0.25) is 0 Å². The first-order chi connectivity index (χ1) is 7.16. The summed E-state index contributed by atoms with van der Waals surface area (Å²) >= 11 is 11.5. The highest BCUT2D eigenvalue weighted by molar-refractivity contribution is 6.34. The van der Waals surface area contributed by atoms with E-state index in [-0.39, 0.29) is 22.8 Å². The summed E-state index contributed by atoms with van der Waals surface area (Å²) in [5.74, 6) is -0.243. The van der Waals surface area contributed by atoms with E-state index >= 15 is 0 Å². The lowest BCUT2D eigenvalue weighted by Gasteiger charge is -2.26. The summed E-state index contributed by atoms with van der Waals surface area (Å²) in [7, 11) is 0. The molecular weight excluding hydrogens is 235 g/mol. The fraction of sp³-hybridized carbons (Fsp3) is 0.400. The fourth-order valence-corrected chi connectivity index (χ4v) is 1.72. The lowest BCUT2D eigenvalue weighted by molar-refractivity contribution is 0.0912. The lowest BCUT2D eigenvalue weighted by atomic mass is 9.93. The number of halogens is 2. The third-order valence-corrected chi connectivity index (χ3v) is 2.98. The third kappa shape index (κ3) is 2.41. The molecule has 3 nitrogen and oxygen atoms in total. The highest BCUT2D eigenvalue weighted by atomic mass is 35.5. The van der Waals surface area contributed by atoms with E-state index in [2.05, 4.69) is 10.3 Å². The number of nitrogens with zero attached hydrogens (tertiary/aromatic N) is 1. The van der Waals surface area contributed by atoms with Crippen LogP contribution in [0.2, 0.25) is 10.2 Å². The van der Waals surface area contributed by atoms with Crippen LogP contribution in [0, 0.1) is 0 Å². The summed E-state index contributed by atoms with van der Waals surface area (Å²) in [6.45, 7) is 0. The van der Waals surface area contributed by atoms with E-state index in [0.717, 1.165) is 12.8 Å². The molecule has 0 spiro atoms. The van der Waals surface area contributed by atoms with Crippen LogP contribution < -0.4 is 5.32 Å². The zero-order chi connectivity index (χ0) is 10.8. The van der Waals surface area contributed by atoms with Crippen molar-refractivity contribution in [3.63, 3.8) is 0 Å². The van der Waals surface area contributed by atoms with Gasteiger partial charge in [-0.15, -0.1) is 0 Å². The van der Waals surface area contributed by atoms with Gasteiger partial charge in [0.05, 0.1) is 5.02 Å². The Morgan fingerprint density at radius 3 is 2.73 bits per heavy atom. The Kier molecular flexibility index (Phi) is 3.12. The predicted molar refractivity (Wildman–Crippen MR) is 59.4 cm³/mol. The highest BCUT2D eigenvalue weighted by Crippen LogP contribution is 2.21. The zero-order valence-corrected chi connectivity index (χ0v) is 9.48.